The first-order chi connectivity index (χ1) is 16.2. The van der Waals surface area contributed by atoms with Crippen LogP contribution in [0.2, 0.25) is 0 Å². The summed E-state index contributed by atoms with van der Waals surface area (Å²) in [5.74, 6) is 0.200. The van der Waals surface area contributed by atoms with Gasteiger partial charge in [-0.25, -0.2) is 4.98 Å². The fourth-order valence-corrected chi connectivity index (χ4v) is 5.70. The number of aromatic nitrogens is 2. The molecule has 2 heterocycles. The molecular weight excluding hydrogens is 448 g/mol. The molecule has 0 fully saturated rings. The van der Waals surface area contributed by atoms with Gasteiger partial charge in [-0.1, -0.05) is 84.6 Å². The summed E-state index contributed by atoms with van der Waals surface area (Å²) >= 11 is 2.74. The van der Waals surface area contributed by atoms with Crippen LogP contribution >= 0.6 is 23.1 Å². The van der Waals surface area contributed by atoms with Crippen LogP contribution in [0.5, 0.6) is 0 Å². The van der Waals surface area contributed by atoms with Gasteiger partial charge in [-0.15, -0.1) is 17.9 Å². The highest BCUT2D eigenvalue weighted by molar-refractivity contribution is 7.99. The molecule has 162 valence electrons. The minimum atomic E-state index is -0.111. The number of allylic oxidation sites excluding steroid dienone is 1. The number of benzene rings is 3. The maximum Gasteiger partial charge on any atom is 0.263 e. The van der Waals surface area contributed by atoms with E-state index in [1.54, 1.807) is 10.6 Å². The van der Waals surface area contributed by atoms with E-state index in [0.717, 1.165) is 21.9 Å². The van der Waals surface area contributed by atoms with Gasteiger partial charge in [-0.2, -0.15) is 0 Å². The number of Topliss-reactive ketones (excluding diaryl/α,β-unsaturated/α-hetero) is 1. The second kappa shape index (κ2) is 9.17. The van der Waals surface area contributed by atoms with E-state index in [9.17, 15) is 9.59 Å². The molecule has 0 unspecified atom stereocenters. The van der Waals surface area contributed by atoms with Crippen molar-refractivity contribution in [2.24, 2.45) is 0 Å². The second-order valence-corrected chi connectivity index (χ2v) is 9.37. The van der Waals surface area contributed by atoms with Gasteiger partial charge in [0.05, 0.1) is 11.1 Å². The first-order valence-electron chi connectivity index (χ1n) is 10.5. The van der Waals surface area contributed by atoms with Crippen LogP contribution in [0.3, 0.4) is 0 Å². The molecule has 6 heteroatoms. The normalized spacial score (nSPS) is 11.2. The number of hydrogen-bond donors (Lipinski definition) is 0. The third kappa shape index (κ3) is 4.15. The zero-order chi connectivity index (χ0) is 22.8. The Bertz CT molecular complexity index is 1550. The van der Waals surface area contributed by atoms with Crippen molar-refractivity contribution < 1.29 is 4.79 Å². The lowest BCUT2D eigenvalue weighted by Gasteiger charge is -2.11. The summed E-state index contributed by atoms with van der Waals surface area (Å²) < 4.78 is 1.60. The van der Waals surface area contributed by atoms with Gasteiger partial charge in [0.2, 0.25) is 0 Å². The van der Waals surface area contributed by atoms with E-state index in [4.69, 9.17) is 4.98 Å². The van der Waals surface area contributed by atoms with Crippen molar-refractivity contribution in [3.63, 3.8) is 0 Å². The first kappa shape index (κ1) is 21.4. The van der Waals surface area contributed by atoms with Crippen LogP contribution in [0.25, 0.3) is 32.1 Å². The topological polar surface area (TPSA) is 52.0 Å². The van der Waals surface area contributed by atoms with Gasteiger partial charge in [0, 0.05) is 23.1 Å². The maximum absolute atomic E-state index is 13.4. The van der Waals surface area contributed by atoms with Crippen molar-refractivity contribution in [2.75, 3.05) is 5.75 Å². The maximum atomic E-state index is 13.4. The van der Waals surface area contributed by atoms with Crippen molar-refractivity contribution in [3.8, 4) is 11.1 Å². The Morgan fingerprint density at radius 3 is 2.58 bits per heavy atom. The van der Waals surface area contributed by atoms with Gasteiger partial charge >= 0.3 is 0 Å². The molecule has 4 nitrogen and oxygen atoms in total. The Balaban J connectivity index is 1.48. The highest BCUT2D eigenvalue weighted by atomic mass is 32.2. The van der Waals surface area contributed by atoms with Gasteiger partial charge in [-0.3, -0.25) is 14.2 Å². The van der Waals surface area contributed by atoms with Gasteiger partial charge < -0.3 is 0 Å². The van der Waals surface area contributed by atoms with Crippen LogP contribution in [0.4, 0.5) is 0 Å². The van der Waals surface area contributed by atoms with Crippen molar-refractivity contribution in [1.29, 1.82) is 0 Å². The fraction of sp³-hybridized carbons (Fsp3) is 0.0741. The highest BCUT2D eigenvalue weighted by Gasteiger charge is 2.18. The van der Waals surface area contributed by atoms with E-state index >= 15 is 0 Å². The van der Waals surface area contributed by atoms with E-state index in [0.29, 0.717) is 27.5 Å². The van der Waals surface area contributed by atoms with Gasteiger partial charge in [0.15, 0.2) is 10.9 Å². The third-order valence-corrected chi connectivity index (χ3v) is 7.31. The lowest BCUT2D eigenvalue weighted by molar-refractivity contribution is 0.102. The van der Waals surface area contributed by atoms with Crippen LogP contribution in [0.1, 0.15) is 10.4 Å². The Kier molecular flexibility index (Phi) is 5.94. The largest absolute Gasteiger partial charge is 0.293 e. The first-order valence-corrected chi connectivity index (χ1v) is 12.4. The number of thioether (sulfide) groups is 1. The summed E-state index contributed by atoms with van der Waals surface area (Å²) in [5, 5.41) is 5.24. The van der Waals surface area contributed by atoms with Gasteiger partial charge in [0.25, 0.3) is 5.56 Å². The summed E-state index contributed by atoms with van der Waals surface area (Å²) in [5.41, 5.74) is 2.41. The minimum Gasteiger partial charge on any atom is -0.293 e. The molecule has 0 radical (unpaired) electrons. The molecule has 0 N–H and O–H groups in total. The number of hydrogen-bond acceptors (Lipinski definition) is 5. The van der Waals surface area contributed by atoms with E-state index < -0.39 is 0 Å². The van der Waals surface area contributed by atoms with Crippen LogP contribution in [-0.4, -0.2) is 21.1 Å². The summed E-state index contributed by atoms with van der Waals surface area (Å²) in [6.07, 6.45) is 1.68. The second-order valence-electron chi connectivity index (χ2n) is 7.57. The number of fused-ring (bicyclic) bond motifs is 2. The number of thiophene rings is 1. The van der Waals surface area contributed by atoms with Crippen molar-refractivity contribution in [3.05, 3.63) is 107 Å². The fourth-order valence-electron chi connectivity index (χ4n) is 3.81. The number of carbonyl (C=O) groups excluding carboxylic acids is 1. The SMILES string of the molecule is C=CCn1c(SCC(=O)c2ccc3ccccc3c2)nc2scc(-c3ccccc3)c2c1=O. The summed E-state index contributed by atoms with van der Waals surface area (Å²) in [6, 6.07) is 23.5. The molecule has 0 saturated carbocycles. The zero-order valence-electron chi connectivity index (χ0n) is 17.7. The van der Waals surface area contributed by atoms with Crippen molar-refractivity contribution in [1.82, 2.24) is 9.55 Å². The van der Waals surface area contributed by atoms with E-state index in [1.165, 1.54) is 23.1 Å². The Hall–Kier alpha value is -3.48. The Labute approximate surface area is 199 Å². The van der Waals surface area contributed by atoms with Crippen LogP contribution in [0, 0.1) is 0 Å². The molecule has 33 heavy (non-hydrogen) atoms. The predicted molar refractivity (Wildman–Crippen MR) is 139 cm³/mol. The average molecular weight is 469 g/mol. The zero-order valence-corrected chi connectivity index (χ0v) is 19.4. The number of nitrogens with zero attached hydrogens (tertiary/aromatic N) is 2. The van der Waals surface area contributed by atoms with E-state index in [-0.39, 0.29) is 17.1 Å². The quantitative estimate of drug-likeness (QED) is 0.119. The molecule has 2 aromatic heterocycles. The van der Waals surface area contributed by atoms with Crippen molar-refractivity contribution in [2.45, 2.75) is 11.7 Å². The van der Waals surface area contributed by atoms with Gasteiger partial charge in [0.1, 0.15) is 4.83 Å². The Morgan fingerprint density at radius 2 is 1.79 bits per heavy atom. The summed E-state index contributed by atoms with van der Waals surface area (Å²) in [7, 11) is 0. The molecule has 5 aromatic rings. The van der Waals surface area contributed by atoms with Gasteiger partial charge in [-0.05, 0) is 22.4 Å². The van der Waals surface area contributed by atoms with E-state index in [1.807, 2.05) is 78.2 Å². The predicted octanol–water partition coefficient (Wildman–Crippen LogP) is 6.44. The lowest BCUT2D eigenvalue weighted by atomic mass is 10.1. The van der Waals surface area contributed by atoms with Crippen molar-refractivity contribution >= 4 is 49.9 Å². The standard InChI is InChI=1S/C27H20N2O2S2/c1-2-14-29-26(31)24-22(19-9-4-3-5-10-19)16-32-25(24)28-27(29)33-17-23(30)21-13-12-18-8-6-7-11-20(18)15-21/h2-13,15-16H,1,14,17H2. The average Bonchev–Trinajstić information content (AvgIpc) is 3.29. The molecule has 5 rings (SSSR count). The third-order valence-electron chi connectivity index (χ3n) is 5.46. The number of rotatable bonds is 7. The van der Waals surface area contributed by atoms with E-state index in [2.05, 4.69) is 6.58 Å². The monoisotopic (exact) mass is 468 g/mol. The molecule has 0 aliphatic heterocycles. The minimum absolute atomic E-state index is 0.00130. The molecule has 0 atom stereocenters. The van der Waals surface area contributed by atoms with Crippen LogP contribution < -0.4 is 5.56 Å². The highest BCUT2D eigenvalue weighted by Crippen LogP contribution is 2.32. The van der Waals surface area contributed by atoms with Crippen LogP contribution in [-0.2, 0) is 6.54 Å². The molecule has 0 spiro atoms. The molecular formula is C27H20N2O2S2. The molecule has 0 aliphatic carbocycles. The number of carbonyl (C=O) groups is 1. The van der Waals surface area contributed by atoms with Crippen LogP contribution in [0.15, 0.2) is 101 Å². The smallest absolute Gasteiger partial charge is 0.263 e. The molecule has 3 aromatic carbocycles. The molecule has 0 bridgehead atoms. The molecule has 0 aliphatic rings. The Morgan fingerprint density at radius 1 is 1.03 bits per heavy atom. The molecule has 0 saturated heterocycles. The number of ketones is 1. The summed E-state index contributed by atoms with van der Waals surface area (Å²) in [4.78, 5) is 31.8. The molecule has 0 amide bonds. The lowest BCUT2D eigenvalue weighted by Crippen LogP contribution is -2.23. The summed E-state index contributed by atoms with van der Waals surface area (Å²) in [6.45, 7) is 4.13.